The number of methoxy groups -OCH3 is 1. The van der Waals surface area contributed by atoms with Gasteiger partial charge in [0.15, 0.2) is 0 Å². The van der Waals surface area contributed by atoms with E-state index >= 15 is 0 Å². The Kier molecular flexibility index (Phi) is 8.28. The van der Waals surface area contributed by atoms with Crippen molar-refractivity contribution < 1.29 is 23.0 Å². The molecule has 7 nitrogen and oxygen atoms in total. The number of hydrogen-bond donors (Lipinski definition) is 1. The molecule has 3 aromatic rings. The van der Waals surface area contributed by atoms with Gasteiger partial charge in [-0.15, -0.1) is 11.8 Å². The Balaban J connectivity index is 1.81. The van der Waals surface area contributed by atoms with Gasteiger partial charge in [0.25, 0.3) is 0 Å². The summed E-state index contributed by atoms with van der Waals surface area (Å²) in [5.41, 5.74) is -0.312. The average Bonchev–Trinajstić information content (AvgIpc) is 2.89. The normalized spacial score (nSPS) is 22.5. The number of hydrogen-bond acceptors (Lipinski definition) is 7. The molecule has 3 heterocycles. The third-order valence-electron chi connectivity index (χ3n) is 7.51. The Hall–Kier alpha value is -2.13. The number of ether oxygens (including phenoxy) is 1. The van der Waals surface area contributed by atoms with E-state index in [0.29, 0.717) is 34.8 Å². The number of nitrogens with zero attached hydrogens (tertiary/aromatic N) is 4. The van der Waals surface area contributed by atoms with Crippen molar-refractivity contribution >= 4 is 51.1 Å². The maximum Gasteiger partial charge on any atom is 0.417 e. The van der Waals surface area contributed by atoms with Gasteiger partial charge in [0.05, 0.1) is 23.7 Å². The number of aliphatic hydroxyl groups is 1. The lowest BCUT2D eigenvalue weighted by molar-refractivity contribution is -0.137. The molecule has 1 N–H and O–H groups in total. The summed E-state index contributed by atoms with van der Waals surface area (Å²) in [6.45, 7) is 8.49. The molecule has 0 amide bonds. The summed E-state index contributed by atoms with van der Waals surface area (Å²) in [4.78, 5) is 22.2. The highest BCUT2D eigenvalue weighted by atomic mass is 127. The Bertz CT molecular complexity index is 1500. The van der Waals surface area contributed by atoms with E-state index < -0.39 is 23.7 Å². The van der Waals surface area contributed by atoms with Crippen molar-refractivity contribution in [2.75, 3.05) is 37.5 Å². The van der Waals surface area contributed by atoms with E-state index in [0.717, 1.165) is 9.64 Å². The molecule has 40 heavy (non-hydrogen) atoms. The van der Waals surface area contributed by atoms with Gasteiger partial charge in [-0.2, -0.15) is 18.2 Å². The minimum absolute atomic E-state index is 0.0744. The Morgan fingerprint density at radius 3 is 2.58 bits per heavy atom. The fraction of sp³-hybridized carbons (Fsp3) is 0.429. The predicted molar refractivity (Wildman–Crippen MR) is 160 cm³/mol. The summed E-state index contributed by atoms with van der Waals surface area (Å²) in [6, 6.07) is 7.40. The van der Waals surface area contributed by atoms with Gasteiger partial charge in [-0.1, -0.05) is 18.7 Å². The van der Waals surface area contributed by atoms with E-state index in [1.54, 1.807) is 18.2 Å². The van der Waals surface area contributed by atoms with Crippen LogP contribution in [0.25, 0.3) is 22.0 Å². The molecule has 0 radical (unpaired) electrons. The minimum Gasteiger partial charge on any atom is -0.383 e. The highest BCUT2D eigenvalue weighted by Crippen LogP contribution is 2.50. The molecular weight excluding hydrogens is 656 g/mol. The standard InChI is InChI=1S/C28H30F3IN4O3S/c1-5-22(37)35-15(2)11-34(12-16(35)3)26-20-10-21(28(29,30)31)23(17-7-6-8-18(32)9-17)25-24(20)36(27(38)33-26)19(13-39-4)14-40-25/h5-10,15-16,19,22,37H,1,11-14H2,2-4H3/t15-,16+,19-,22?/m0/s1. The molecule has 1 aromatic heterocycles. The van der Waals surface area contributed by atoms with Crippen molar-refractivity contribution in [2.45, 2.75) is 49.3 Å². The van der Waals surface area contributed by atoms with Crippen LogP contribution in [0.5, 0.6) is 0 Å². The van der Waals surface area contributed by atoms with Crippen molar-refractivity contribution in [3.8, 4) is 11.1 Å². The molecular formula is C28H30F3IN4O3S. The molecule has 5 rings (SSSR count). The summed E-state index contributed by atoms with van der Waals surface area (Å²) in [5, 5.41) is 10.7. The summed E-state index contributed by atoms with van der Waals surface area (Å²) in [7, 11) is 1.54. The molecule has 0 spiro atoms. The van der Waals surface area contributed by atoms with Crippen LogP contribution in [0, 0.1) is 3.57 Å². The molecule has 1 fully saturated rings. The van der Waals surface area contributed by atoms with Crippen LogP contribution in [0.15, 0.2) is 52.7 Å². The van der Waals surface area contributed by atoms with Gasteiger partial charge < -0.3 is 14.7 Å². The summed E-state index contributed by atoms with van der Waals surface area (Å²) in [5.74, 6) is 0.601. The van der Waals surface area contributed by atoms with Crippen LogP contribution in [-0.4, -0.2) is 70.4 Å². The van der Waals surface area contributed by atoms with E-state index in [-0.39, 0.29) is 41.5 Å². The van der Waals surface area contributed by atoms with Crippen LogP contribution >= 0.6 is 34.4 Å². The molecule has 12 heteroatoms. The van der Waals surface area contributed by atoms with Crippen molar-refractivity contribution in [1.82, 2.24) is 14.5 Å². The maximum atomic E-state index is 14.8. The van der Waals surface area contributed by atoms with Crippen molar-refractivity contribution in [3.05, 3.63) is 62.6 Å². The number of aromatic nitrogens is 2. The first kappa shape index (κ1) is 29.4. The minimum atomic E-state index is -4.64. The highest BCUT2D eigenvalue weighted by molar-refractivity contribution is 14.1. The van der Waals surface area contributed by atoms with Gasteiger partial charge in [0.1, 0.15) is 12.0 Å². The molecule has 0 aliphatic carbocycles. The Labute approximate surface area is 248 Å². The number of rotatable bonds is 6. The third kappa shape index (κ3) is 5.17. The van der Waals surface area contributed by atoms with Gasteiger partial charge in [0, 0.05) is 57.5 Å². The third-order valence-corrected chi connectivity index (χ3v) is 9.42. The van der Waals surface area contributed by atoms with E-state index in [2.05, 4.69) is 34.2 Å². The molecule has 1 unspecified atom stereocenters. The predicted octanol–water partition coefficient (Wildman–Crippen LogP) is 5.38. The van der Waals surface area contributed by atoms with Crippen LogP contribution in [0.2, 0.25) is 0 Å². The first-order valence-electron chi connectivity index (χ1n) is 12.9. The second kappa shape index (κ2) is 11.3. The number of aliphatic hydroxyl groups excluding tert-OH is 1. The molecule has 214 valence electrons. The smallest absolute Gasteiger partial charge is 0.383 e. The second-order valence-electron chi connectivity index (χ2n) is 10.2. The van der Waals surface area contributed by atoms with Gasteiger partial charge in [-0.25, -0.2) is 4.79 Å². The first-order chi connectivity index (χ1) is 19.0. The lowest BCUT2D eigenvalue weighted by Gasteiger charge is -2.46. The fourth-order valence-electron chi connectivity index (χ4n) is 5.95. The van der Waals surface area contributed by atoms with Crippen LogP contribution in [0.4, 0.5) is 19.0 Å². The second-order valence-corrected chi connectivity index (χ2v) is 12.5. The largest absolute Gasteiger partial charge is 0.417 e. The molecule has 2 aliphatic rings. The summed E-state index contributed by atoms with van der Waals surface area (Å²) < 4.78 is 52.0. The average molecular weight is 687 g/mol. The van der Waals surface area contributed by atoms with Crippen LogP contribution in [0.3, 0.4) is 0 Å². The molecule has 1 saturated heterocycles. The van der Waals surface area contributed by atoms with Crippen LogP contribution in [-0.2, 0) is 10.9 Å². The van der Waals surface area contributed by atoms with Crippen molar-refractivity contribution in [2.24, 2.45) is 0 Å². The Morgan fingerprint density at radius 2 is 1.98 bits per heavy atom. The zero-order valence-electron chi connectivity index (χ0n) is 22.3. The highest BCUT2D eigenvalue weighted by Gasteiger charge is 2.40. The van der Waals surface area contributed by atoms with Crippen LogP contribution < -0.4 is 10.6 Å². The molecule has 2 aromatic carbocycles. The van der Waals surface area contributed by atoms with Gasteiger partial charge in [-0.05, 0) is 66.3 Å². The Morgan fingerprint density at radius 1 is 1.27 bits per heavy atom. The van der Waals surface area contributed by atoms with E-state index in [1.807, 2.05) is 29.7 Å². The fourth-order valence-corrected chi connectivity index (χ4v) is 7.82. The SMILES string of the molecule is C=CC(O)N1[C@H](C)CN(c2nc(=O)n3c4c(c(-c5cccc(I)c5)c(C(F)(F)F)cc24)SC[C@@H]3COC)C[C@@H]1C. The summed E-state index contributed by atoms with van der Waals surface area (Å²) in [6.07, 6.45) is -4.05. The number of thioether (sulfide) groups is 1. The maximum absolute atomic E-state index is 14.8. The van der Waals surface area contributed by atoms with E-state index in [9.17, 15) is 23.1 Å². The van der Waals surface area contributed by atoms with E-state index in [4.69, 9.17) is 4.74 Å². The van der Waals surface area contributed by atoms with Crippen LogP contribution in [0.1, 0.15) is 25.5 Å². The zero-order chi connectivity index (χ0) is 28.9. The lowest BCUT2D eigenvalue weighted by atomic mass is 9.96. The van der Waals surface area contributed by atoms with Crippen molar-refractivity contribution in [3.63, 3.8) is 0 Å². The number of halogens is 4. The molecule has 2 aliphatic heterocycles. The first-order valence-corrected chi connectivity index (χ1v) is 14.9. The number of alkyl halides is 3. The monoisotopic (exact) mass is 686 g/mol. The van der Waals surface area contributed by atoms with E-state index in [1.165, 1.54) is 29.5 Å². The number of benzene rings is 2. The zero-order valence-corrected chi connectivity index (χ0v) is 25.3. The molecule has 0 saturated carbocycles. The molecule has 0 bridgehead atoms. The quantitative estimate of drug-likeness (QED) is 0.276. The molecule has 4 atom stereocenters. The number of anilines is 1. The van der Waals surface area contributed by atoms with Crippen molar-refractivity contribution in [1.29, 1.82) is 0 Å². The topological polar surface area (TPSA) is 70.8 Å². The van der Waals surface area contributed by atoms with Gasteiger partial charge in [-0.3, -0.25) is 9.47 Å². The van der Waals surface area contributed by atoms with Gasteiger partial charge in [0.2, 0.25) is 0 Å². The summed E-state index contributed by atoms with van der Waals surface area (Å²) >= 11 is 3.41. The lowest BCUT2D eigenvalue weighted by Crippen LogP contribution is -2.60. The van der Waals surface area contributed by atoms with Gasteiger partial charge >= 0.3 is 11.9 Å². The number of piperazine rings is 1.